The number of Topliss-reactive ketones (excluding diaryl/α,β-unsaturated/α-hetero) is 1. The van der Waals surface area contributed by atoms with Gasteiger partial charge < -0.3 is 10.1 Å². The summed E-state index contributed by atoms with van der Waals surface area (Å²) < 4.78 is 5.67. The van der Waals surface area contributed by atoms with Crippen LogP contribution in [0.2, 0.25) is 0 Å². The summed E-state index contributed by atoms with van der Waals surface area (Å²) in [6.07, 6.45) is -0.617. The number of benzene rings is 2. The molecule has 22 heavy (non-hydrogen) atoms. The molecule has 1 unspecified atom stereocenters. The first-order valence-electron chi connectivity index (χ1n) is 7.11. The zero-order valence-electron chi connectivity index (χ0n) is 12.9. The highest BCUT2D eigenvalue weighted by atomic mass is 16.5. The van der Waals surface area contributed by atoms with Gasteiger partial charge in [0.25, 0.3) is 5.91 Å². The molecule has 1 atom stereocenters. The van der Waals surface area contributed by atoms with E-state index in [9.17, 15) is 9.59 Å². The number of carbonyl (C=O) groups excluding carboxylic acids is 2. The fourth-order valence-electron chi connectivity index (χ4n) is 1.96. The van der Waals surface area contributed by atoms with Crippen molar-refractivity contribution in [1.82, 2.24) is 0 Å². The lowest BCUT2D eigenvalue weighted by Crippen LogP contribution is -2.30. The molecule has 1 N–H and O–H groups in total. The number of ketones is 1. The summed E-state index contributed by atoms with van der Waals surface area (Å²) in [6, 6.07) is 14.3. The van der Waals surface area contributed by atoms with Crippen molar-refractivity contribution in [3.8, 4) is 5.75 Å². The number of ether oxygens (including phenoxy) is 1. The highest BCUT2D eigenvalue weighted by molar-refractivity contribution is 5.96. The molecule has 4 heteroatoms. The second-order valence-electron chi connectivity index (χ2n) is 5.15. The van der Waals surface area contributed by atoms with Gasteiger partial charge in [-0.05, 0) is 56.7 Å². The number of nitrogens with one attached hydrogen (secondary N) is 1. The van der Waals surface area contributed by atoms with Crippen molar-refractivity contribution in [3.63, 3.8) is 0 Å². The summed E-state index contributed by atoms with van der Waals surface area (Å²) in [5.74, 6) is 0.449. The maximum Gasteiger partial charge on any atom is 0.265 e. The highest BCUT2D eigenvalue weighted by Crippen LogP contribution is 2.18. The van der Waals surface area contributed by atoms with E-state index in [4.69, 9.17) is 4.74 Å². The summed E-state index contributed by atoms with van der Waals surface area (Å²) in [6.45, 7) is 5.14. The molecule has 0 aliphatic rings. The Hall–Kier alpha value is -2.62. The van der Waals surface area contributed by atoms with Crippen LogP contribution in [0.4, 0.5) is 5.69 Å². The Kier molecular flexibility index (Phi) is 4.94. The fourth-order valence-corrected chi connectivity index (χ4v) is 1.96. The summed E-state index contributed by atoms with van der Waals surface area (Å²) in [4.78, 5) is 23.4. The fraction of sp³-hybridized carbons (Fsp3) is 0.222. The first-order chi connectivity index (χ1) is 10.5. The summed E-state index contributed by atoms with van der Waals surface area (Å²) in [5.41, 5.74) is 2.23. The first kappa shape index (κ1) is 15.8. The molecule has 114 valence electrons. The number of anilines is 1. The van der Waals surface area contributed by atoms with Crippen LogP contribution in [-0.4, -0.2) is 17.8 Å². The number of para-hydroxylation sites is 1. The molecular weight excluding hydrogens is 278 g/mol. The van der Waals surface area contributed by atoms with Crippen molar-refractivity contribution >= 4 is 17.4 Å². The lowest BCUT2D eigenvalue weighted by Gasteiger charge is -2.16. The van der Waals surface area contributed by atoms with E-state index in [2.05, 4.69) is 5.32 Å². The molecule has 0 fully saturated rings. The van der Waals surface area contributed by atoms with Gasteiger partial charge >= 0.3 is 0 Å². The van der Waals surface area contributed by atoms with Gasteiger partial charge in [-0.25, -0.2) is 0 Å². The molecule has 4 nitrogen and oxygen atoms in total. The Bertz CT molecular complexity index is 677. The largest absolute Gasteiger partial charge is 0.481 e. The molecule has 0 spiro atoms. The smallest absolute Gasteiger partial charge is 0.265 e. The second kappa shape index (κ2) is 6.89. The SMILES string of the molecule is CC(=O)c1ccc(NC(=O)C(C)Oc2ccccc2C)cc1. The molecule has 0 saturated heterocycles. The van der Waals surface area contributed by atoms with E-state index in [1.54, 1.807) is 31.2 Å². The topological polar surface area (TPSA) is 55.4 Å². The second-order valence-corrected chi connectivity index (χ2v) is 5.15. The van der Waals surface area contributed by atoms with Crippen molar-refractivity contribution in [2.24, 2.45) is 0 Å². The van der Waals surface area contributed by atoms with Gasteiger partial charge in [-0.15, -0.1) is 0 Å². The monoisotopic (exact) mass is 297 g/mol. The van der Waals surface area contributed by atoms with Gasteiger partial charge in [-0.1, -0.05) is 18.2 Å². The Labute approximate surface area is 130 Å². The molecule has 1 amide bonds. The zero-order valence-corrected chi connectivity index (χ0v) is 12.9. The molecule has 0 aliphatic carbocycles. The van der Waals surface area contributed by atoms with Crippen LogP contribution in [0, 0.1) is 6.92 Å². The van der Waals surface area contributed by atoms with E-state index in [-0.39, 0.29) is 11.7 Å². The van der Waals surface area contributed by atoms with Gasteiger partial charge in [0, 0.05) is 11.3 Å². The van der Waals surface area contributed by atoms with Crippen LogP contribution in [0.3, 0.4) is 0 Å². The Morgan fingerprint density at radius 1 is 1.05 bits per heavy atom. The standard InChI is InChI=1S/C18H19NO3/c1-12-6-4-5-7-17(12)22-14(3)18(21)19-16-10-8-15(9-11-16)13(2)20/h4-11,14H,1-3H3,(H,19,21). The average molecular weight is 297 g/mol. The van der Waals surface area contributed by atoms with E-state index in [1.165, 1.54) is 6.92 Å². The van der Waals surface area contributed by atoms with Crippen LogP contribution < -0.4 is 10.1 Å². The van der Waals surface area contributed by atoms with Crippen LogP contribution in [0.5, 0.6) is 5.75 Å². The van der Waals surface area contributed by atoms with E-state index in [0.717, 1.165) is 5.56 Å². The minimum atomic E-state index is -0.617. The van der Waals surface area contributed by atoms with Crippen LogP contribution in [0.15, 0.2) is 48.5 Å². The van der Waals surface area contributed by atoms with Crippen LogP contribution in [0.25, 0.3) is 0 Å². The van der Waals surface area contributed by atoms with Gasteiger partial charge in [-0.3, -0.25) is 9.59 Å². The van der Waals surface area contributed by atoms with Gasteiger partial charge in [0.1, 0.15) is 5.75 Å². The van der Waals surface area contributed by atoms with E-state index in [0.29, 0.717) is 17.0 Å². The third kappa shape index (κ3) is 3.95. The van der Waals surface area contributed by atoms with Crippen LogP contribution >= 0.6 is 0 Å². The summed E-state index contributed by atoms with van der Waals surface area (Å²) in [7, 11) is 0. The molecule has 0 heterocycles. The molecular formula is C18H19NO3. The maximum atomic E-state index is 12.1. The van der Waals surface area contributed by atoms with E-state index >= 15 is 0 Å². The predicted molar refractivity (Wildman–Crippen MR) is 86.3 cm³/mol. The summed E-state index contributed by atoms with van der Waals surface area (Å²) >= 11 is 0. The Morgan fingerprint density at radius 3 is 2.27 bits per heavy atom. The molecule has 0 saturated carbocycles. The third-order valence-electron chi connectivity index (χ3n) is 3.33. The molecule has 0 aromatic heterocycles. The lowest BCUT2D eigenvalue weighted by atomic mass is 10.1. The van der Waals surface area contributed by atoms with Crippen molar-refractivity contribution in [2.45, 2.75) is 26.9 Å². The zero-order chi connectivity index (χ0) is 16.1. The van der Waals surface area contributed by atoms with Crippen molar-refractivity contribution in [1.29, 1.82) is 0 Å². The number of rotatable bonds is 5. The number of amides is 1. The number of hydrogen-bond donors (Lipinski definition) is 1. The number of aryl methyl sites for hydroxylation is 1. The quantitative estimate of drug-likeness (QED) is 0.858. The minimum Gasteiger partial charge on any atom is -0.481 e. The number of carbonyl (C=O) groups is 2. The predicted octanol–water partition coefficient (Wildman–Crippen LogP) is 3.60. The van der Waals surface area contributed by atoms with Gasteiger partial charge in [0.05, 0.1) is 0 Å². The van der Waals surface area contributed by atoms with E-state index < -0.39 is 6.10 Å². The molecule has 0 radical (unpaired) electrons. The first-order valence-corrected chi connectivity index (χ1v) is 7.11. The van der Waals surface area contributed by atoms with E-state index in [1.807, 2.05) is 31.2 Å². The highest BCUT2D eigenvalue weighted by Gasteiger charge is 2.15. The molecule has 0 aliphatic heterocycles. The lowest BCUT2D eigenvalue weighted by molar-refractivity contribution is -0.122. The number of hydrogen-bond acceptors (Lipinski definition) is 3. The average Bonchev–Trinajstić information content (AvgIpc) is 2.50. The van der Waals surface area contributed by atoms with Gasteiger partial charge in [0.2, 0.25) is 0 Å². The normalized spacial score (nSPS) is 11.6. The van der Waals surface area contributed by atoms with Crippen LogP contribution in [0.1, 0.15) is 29.8 Å². The molecule has 2 aromatic carbocycles. The summed E-state index contributed by atoms with van der Waals surface area (Å²) in [5, 5.41) is 2.77. The Morgan fingerprint density at radius 2 is 1.68 bits per heavy atom. The minimum absolute atomic E-state index is 0.00543. The molecule has 2 rings (SSSR count). The van der Waals surface area contributed by atoms with Crippen LogP contribution in [-0.2, 0) is 4.79 Å². The maximum absolute atomic E-state index is 12.1. The Balaban J connectivity index is 1.99. The van der Waals surface area contributed by atoms with Crippen molar-refractivity contribution in [2.75, 3.05) is 5.32 Å². The third-order valence-corrected chi connectivity index (χ3v) is 3.33. The molecule has 0 bridgehead atoms. The van der Waals surface area contributed by atoms with Crippen molar-refractivity contribution < 1.29 is 14.3 Å². The van der Waals surface area contributed by atoms with Gasteiger partial charge in [0.15, 0.2) is 11.9 Å². The molecule has 2 aromatic rings. The van der Waals surface area contributed by atoms with Crippen molar-refractivity contribution in [3.05, 3.63) is 59.7 Å². The van der Waals surface area contributed by atoms with Gasteiger partial charge in [-0.2, -0.15) is 0 Å².